The molecule has 1 heterocycles. The Kier molecular flexibility index (Phi) is 7.68. The van der Waals surface area contributed by atoms with Crippen molar-refractivity contribution in [1.82, 2.24) is 10.3 Å². The molecule has 0 radical (unpaired) electrons. The number of aryl methyl sites for hydroxylation is 2. The summed E-state index contributed by atoms with van der Waals surface area (Å²) >= 11 is 0. The molecular formula is C17H31N3O. The highest BCUT2D eigenvalue weighted by Gasteiger charge is 2.16. The zero-order valence-corrected chi connectivity index (χ0v) is 14.5. The van der Waals surface area contributed by atoms with E-state index in [-0.39, 0.29) is 0 Å². The van der Waals surface area contributed by atoms with Crippen LogP contribution < -0.4 is 10.2 Å². The molecule has 0 aliphatic rings. The lowest BCUT2D eigenvalue weighted by Gasteiger charge is -2.28. The van der Waals surface area contributed by atoms with Crippen LogP contribution in [0.2, 0.25) is 0 Å². The molecular weight excluding hydrogens is 262 g/mol. The number of hydrogen-bond donors (Lipinski definition) is 1. The van der Waals surface area contributed by atoms with Crippen LogP contribution in [0.1, 0.15) is 37.6 Å². The van der Waals surface area contributed by atoms with Crippen molar-refractivity contribution < 1.29 is 4.74 Å². The Balaban J connectivity index is 3.13. The van der Waals surface area contributed by atoms with Gasteiger partial charge in [0.15, 0.2) is 0 Å². The van der Waals surface area contributed by atoms with Crippen molar-refractivity contribution in [3.63, 3.8) is 0 Å². The highest BCUT2D eigenvalue weighted by Crippen LogP contribution is 2.23. The van der Waals surface area contributed by atoms with Crippen molar-refractivity contribution >= 4 is 5.82 Å². The molecule has 0 saturated carbocycles. The molecule has 0 bridgehead atoms. The number of nitrogens with zero attached hydrogens (tertiary/aromatic N) is 2. The summed E-state index contributed by atoms with van der Waals surface area (Å²) in [7, 11) is 1.75. The first-order valence-corrected chi connectivity index (χ1v) is 7.91. The number of methoxy groups -OCH3 is 1. The van der Waals surface area contributed by atoms with Gasteiger partial charge >= 0.3 is 0 Å². The fourth-order valence-corrected chi connectivity index (χ4v) is 2.50. The molecule has 1 rings (SSSR count). The third kappa shape index (κ3) is 5.64. The lowest BCUT2D eigenvalue weighted by Crippen LogP contribution is -2.33. The lowest BCUT2D eigenvalue weighted by molar-refractivity contribution is 0.204. The second-order valence-electron chi connectivity index (χ2n) is 6.00. The van der Waals surface area contributed by atoms with E-state index >= 15 is 0 Å². The van der Waals surface area contributed by atoms with Gasteiger partial charge in [-0.1, -0.05) is 20.8 Å². The number of pyridine rings is 1. The Hall–Kier alpha value is -1.13. The van der Waals surface area contributed by atoms with E-state index in [1.807, 2.05) is 0 Å². The van der Waals surface area contributed by atoms with Crippen LogP contribution in [0.3, 0.4) is 0 Å². The maximum Gasteiger partial charge on any atom is 0.133 e. The Bertz CT molecular complexity index is 432. The predicted octanol–water partition coefficient (Wildman–Crippen LogP) is 2.92. The first-order chi connectivity index (χ1) is 9.99. The molecule has 0 saturated heterocycles. The molecule has 4 heteroatoms. The van der Waals surface area contributed by atoms with Gasteiger partial charge in [0, 0.05) is 38.0 Å². The number of ether oxygens (including phenoxy) is 1. The summed E-state index contributed by atoms with van der Waals surface area (Å²) in [6.07, 6.45) is 0. The molecule has 4 nitrogen and oxygen atoms in total. The summed E-state index contributed by atoms with van der Waals surface area (Å²) in [5.41, 5.74) is 3.69. The predicted molar refractivity (Wildman–Crippen MR) is 90.0 cm³/mol. The molecule has 1 aromatic rings. The highest BCUT2D eigenvalue weighted by atomic mass is 16.5. The quantitative estimate of drug-likeness (QED) is 0.759. The van der Waals surface area contributed by atoms with Crippen molar-refractivity contribution in [1.29, 1.82) is 0 Å². The number of aromatic nitrogens is 1. The van der Waals surface area contributed by atoms with Crippen LogP contribution in [0.25, 0.3) is 0 Å². The average Bonchev–Trinajstić information content (AvgIpc) is 2.41. The summed E-state index contributed by atoms with van der Waals surface area (Å²) in [5.74, 6) is 1.70. The van der Waals surface area contributed by atoms with Gasteiger partial charge in [-0.15, -0.1) is 0 Å². The lowest BCUT2D eigenvalue weighted by atomic mass is 10.1. The minimum Gasteiger partial charge on any atom is -0.383 e. The summed E-state index contributed by atoms with van der Waals surface area (Å²) in [4.78, 5) is 7.19. The van der Waals surface area contributed by atoms with Gasteiger partial charge in [-0.05, 0) is 37.9 Å². The van der Waals surface area contributed by atoms with Crippen LogP contribution in [0, 0.1) is 19.8 Å². The van der Waals surface area contributed by atoms with Gasteiger partial charge < -0.3 is 15.0 Å². The van der Waals surface area contributed by atoms with E-state index in [1.54, 1.807) is 7.11 Å². The fraction of sp³-hybridized carbons (Fsp3) is 0.706. The van der Waals surface area contributed by atoms with E-state index in [0.29, 0.717) is 5.92 Å². The zero-order chi connectivity index (χ0) is 15.8. The molecule has 0 aliphatic heterocycles. The smallest absolute Gasteiger partial charge is 0.133 e. The minimum absolute atomic E-state index is 0.594. The normalized spacial score (nSPS) is 11.2. The summed E-state index contributed by atoms with van der Waals surface area (Å²) in [6, 6.07) is 2.17. The molecule has 0 aliphatic carbocycles. The highest BCUT2D eigenvalue weighted by molar-refractivity contribution is 5.51. The van der Waals surface area contributed by atoms with Gasteiger partial charge in [-0.25, -0.2) is 4.98 Å². The van der Waals surface area contributed by atoms with Crippen LogP contribution in [-0.2, 0) is 11.3 Å². The zero-order valence-electron chi connectivity index (χ0n) is 14.5. The van der Waals surface area contributed by atoms with E-state index in [2.05, 4.69) is 50.9 Å². The van der Waals surface area contributed by atoms with E-state index in [1.165, 1.54) is 11.1 Å². The third-order valence-electron chi connectivity index (χ3n) is 3.46. The number of hydrogen-bond acceptors (Lipinski definition) is 4. The van der Waals surface area contributed by atoms with Gasteiger partial charge in [-0.3, -0.25) is 0 Å². The number of anilines is 1. The van der Waals surface area contributed by atoms with E-state index in [4.69, 9.17) is 9.72 Å². The van der Waals surface area contributed by atoms with E-state index < -0.39 is 0 Å². The average molecular weight is 293 g/mol. The Morgan fingerprint density at radius 3 is 2.62 bits per heavy atom. The largest absolute Gasteiger partial charge is 0.383 e. The van der Waals surface area contributed by atoms with Crippen molar-refractivity contribution in [2.45, 2.75) is 41.2 Å². The molecule has 1 N–H and O–H groups in total. The molecule has 0 unspecified atom stereocenters. The Labute approximate surface area is 129 Å². The number of nitrogens with one attached hydrogen (secondary N) is 1. The van der Waals surface area contributed by atoms with Crippen molar-refractivity contribution in [2.75, 3.05) is 38.3 Å². The van der Waals surface area contributed by atoms with Gasteiger partial charge in [0.25, 0.3) is 0 Å². The van der Waals surface area contributed by atoms with Crippen molar-refractivity contribution in [3.05, 3.63) is 22.9 Å². The molecule has 21 heavy (non-hydrogen) atoms. The molecule has 120 valence electrons. The van der Waals surface area contributed by atoms with E-state index in [9.17, 15) is 0 Å². The third-order valence-corrected chi connectivity index (χ3v) is 3.46. The molecule has 0 spiro atoms. The number of rotatable bonds is 9. The van der Waals surface area contributed by atoms with Gasteiger partial charge in [-0.2, -0.15) is 0 Å². The van der Waals surface area contributed by atoms with Gasteiger partial charge in [0.05, 0.1) is 6.61 Å². The second-order valence-corrected chi connectivity index (χ2v) is 6.00. The van der Waals surface area contributed by atoms with Crippen LogP contribution >= 0.6 is 0 Å². The molecule has 0 fully saturated rings. The van der Waals surface area contributed by atoms with Crippen molar-refractivity contribution in [2.24, 2.45) is 5.92 Å². The molecule has 0 amide bonds. The SMILES string of the molecule is CCNCc1c(C)cc(C)nc1N(CCOC)CC(C)C. The maximum atomic E-state index is 5.27. The Morgan fingerprint density at radius 1 is 1.33 bits per heavy atom. The summed E-state index contributed by atoms with van der Waals surface area (Å²) in [6.45, 7) is 15.3. The molecule has 0 atom stereocenters. The fourth-order valence-electron chi connectivity index (χ4n) is 2.50. The minimum atomic E-state index is 0.594. The van der Waals surface area contributed by atoms with Crippen LogP contribution in [0.5, 0.6) is 0 Å². The first kappa shape index (κ1) is 17.9. The second kappa shape index (κ2) is 9.00. The monoisotopic (exact) mass is 293 g/mol. The van der Waals surface area contributed by atoms with Crippen LogP contribution in [-0.4, -0.2) is 38.3 Å². The Morgan fingerprint density at radius 2 is 2.05 bits per heavy atom. The topological polar surface area (TPSA) is 37.4 Å². The summed E-state index contributed by atoms with van der Waals surface area (Å²) < 4.78 is 5.27. The van der Waals surface area contributed by atoms with E-state index in [0.717, 1.165) is 44.3 Å². The summed E-state index contributed by atoms with van der Waals surface area (Å²) in [5, 5.41) is 3.43. The van der Waals surface area contributed by atoms with Gasteiger partial charge in [0.2, 0.25) is 0 Å². The first-order valence-electron chi connectivity index (χ1n) is 7.91. The van der Waals surface area contributed by atoms with Crippen molar-refractivity contribution in [3.8, 4) is 0 Å². The standard InChI is InChI=1S/C17H31N3O/c1-7-18-11-16-14(4)10-15(5)19-17(16)20(8-9-21-6)12-13(2)3/h10,13,18H,7-9,11-12H2,1-6H3. The molecule has 1 aromatic heterocycles. The maximum absolute atomic E-state index is 5.27. The van der Waals surface area contributed by atoms with Crippen LogP contribution in [0.15, 0.2) is 6.07 Å². The van der Waals surface area contributed by atoms with Crippen LogP contribution in [0.4, 0.5) is 5.82 Å². The van der Waals surface area contributed by atoms with Gasteiger partial charge in [0.1, 0.15) is 5.82 Å². The molecule has 0 aromatic carbocycles.